The van der Waals surface area contributed by atoms with E-state index in [-0.39, 0.29) is 5.25 Å². The van der Waals surface area contributed by atoms with Crippen molar-refractivity contribution >= 4 is 40.2 Å². The topological polar surface area (TPSA) is 95.6 Å². The van der Waals surface area contributed by atoms with Crippen LogP contribution in [0.1, 0.15) is 23.4 Å². The fourth-order valence-electron chi connectivity index (χ4n) is 2.56. The van der Waals surface area contributed by atoms with Crippen molar-refractivity contribution in [1.29, 1.82) is 0 Å². The Labute approximate surface area is 149 Å². The molecule has 0 radical (unpaired) electrons. The number of pyridine rings is 1. The minimum absolute atomic E-state index is 0.108. The Morgan fingerprint density at radius 3 is 2.79 bits per heavy atom. The van der Waals surface area contributed by atoms with E-state index in [0.717, 1.165) is 27.2 Å². The van der Waals surface area contributed by atoms with Crippen molar-refractivity contribution in [2.45, 2.75) is 28.9 Å². The van der Waals surface area contributed by atoms with Crippen molar-refractivity contribution < 1.29 is 0 Å². The molecule has 24 heavy (non-hydrogen) atoms. The molecule has 4 N–H and O–H groups in total. The summed E-state index contributed by atoms with van der Waals surface area (Å²) in [7, 11) is 2.01. The smallest absolute Gasteiger partial charge is 0.191 e. The van der Waals surface area contributed by atoms with Crippen LogP contribution in [0.2, 0.25) is 0 Å². The molecule has 3 aromatic rings. The van der Waals surface area contributed by atoms with Crippen LogP contribution < -0.4 is 11.5 Å². The van der Waals surface area contributed by atoms with E-state index in [1.807, 2.05) is 19.5 Å². The second kappa shape index (κ2) is 7.00. The third-order valence-electron chi connectivity index (χ3n) is 3.81. The van der Waals surface area contributed by atoms with Crippen LogP contribution in [0, 0.1) is 0 Å². The third kappa shape index (κ3) is 3.35. The van der Waals surface area contributed by atoms with Gasteiger partial charge in [0, 0.05) is 31.2 Å². The van der Waals surface area contributed by atoms with Crippen LogP contribution in [-0.4, -0.2) is 25.8 Å². The quantitative estimate of drug-likeness (QED) is 0.410. The zero-order chi connectivity index (χ0) is 17.3. The first-order valence-electron chi connectivity index (χ1n) is 7.51. The lowest BCUT2D eigenvalue weighted by molar-refractivity contribution is 0.888. The molecule has 3 rings (SSSR count). The molecule has 0 spiro atoms. The number of nitrogens with two attached hydrogens (primary N) is 2. The van der Waals surface area contributed by atoms with Gasteiger partial charge in [-0.2, -0.15) is 0 Å². The first-order chi connectivity index (χ1) is 11.5. The minimum atomic E-state index is 0.108. The number of thioether (sulfide) groups is 2. The number of aromatic nitrogens is 4. The molecule has 0 bridgehead atoms. The first kappa shape index (κ1) is 17.1. The predicted molar refractivity (Wildman–Crippen MR) is 101 cm³/mol. The van der Waals surface area contributed by atoms with E-state index in [0.29, 0.717) is 17.5 Å². The monoisotopic (exact) mass is 360 g/mol. The predicted octanol–water partition coefficient (Wildman–Crippen LogP) is 2.98. The van der Waals surface area contributed by atoms with Gasteiger partial charge >= 0.3 is 0 Å². The van der Waals surface area contributed by atoms with Gasteiger partial charge < -0.3 is 16.0 Å². The molecule has 126 valence electrons. The zero-order valence-electron chi connectivity index (χ0n) is 13.9. The summed E-state index contributed by atoms with van der Waals surface area (Å²) >= 11 is 3.11. The maximum Gasteiger partial charge on any atom is 0.191 e. The van der Waals surface area contributed by atoms with E-state index in [9.17, 15) is 0 Å². The Balaban J connectivity index is 1.91. The molecule has 6 nitrogen and oxygen atoms in total. The maximum absolute atomic E-state index is 5.85. The van der Waals surface area contributed by atoms with Crippen LogP contribution in [-0.2, 0) is 13.6 Å². The Kier molecular flexibility index (Phi) is 4.98. The van der Waals surface area contributed by atoms with E-state index >= 15 is 0 Å². The number of nitrogen functional groups attached to an aromatic ring is 1. The lowest BCUT2D eigenvalue weighted by Gasteiger charge is -2.11. The molecule has 0 aliphatic rings. The number of hydrogen-bond donors (Lipinski definition) is 2. The number of anilines is 1. The van der Waals surface area contributed by atoms with E-state index in [2.05, 4.69) is 38.7 Å². The molecule has 1 unspecified atom stereocenters. The number of fused-ring (bicyclic) bond motifs is 1. The van der Waals surface area contributed by atoms with Crippen LogP contribution in [0.4, 0.5) is 5.82 Å². The fourth-order valence-corrected chi connectivity index (χ4v) is 3.91. The molecule has 0 saturated carbocycles. The molecule has 0 saturated heterocycles. The van der Waals surface area contributed by atoms with E-state index in [1.165, 1.54) is 0 Å². The van der Waals surface area contributed by atoms with Gasteiger partial charge in [0.15, 0.2) is 5.16 Å². The van der Waals surface area contributed by atoms with E-state index < -0.39 is 0 Å². The Morgan fingerprint density at radius 1 is 1.29 bits per heavy atom. The lowest BCUT2D eigenvalue weighted by atomic mass is 10.1. The first-order valence-corrected chi connectivity index (χ1v) is 9.61. The van der Waals surface area contributed by atoms with Crippen molar-refractivity contribution in [2.75, 3.05) is 12.0 Å². The van der Waals surface area contributed by atoms with E-state index in [1.54, 1.807) is 29.6 Å². The molecule has 0 aliphatic carbocycles. The summed E-state index contributed by atoms with van der Waals surface area (Å²) in [6.45, 7) is 2.60. The van der Waals surface area contributed by atoms with Gasteiger partial charge in [-0.05, 0) is 24.8 Å². The summed E-state index contributed by atoms with van der Waals surface area (Å²) in [6.07, 6.45) is 5.92. The number of hydrogen-bond acceptors (Lipinski definition) is 7. The van der Waals surface area contributed by atoms with Gasteiger partial charge in [-0.3, -0.25) is 4.98 Å². The minimum Gasteiger partial charge on any atom is -0.384 e. The largest absolute Gasteiger partial charge is 0.384 e. The van der Waals surface area contributed by atoms with Crippen molar-refractivity contribution in [3.05, 3.63) is 35.8 Å². The highest BCUT2D eigenvalue weighted by atomic mass is 32.2. The summed E-state index contributed by atoms with van der Waals surface area (Å²) in [4.78, 5) is 13.4. The van der Waals surface area contributed by atoms with Gasteiger partial charge in [0.05, 0.1) is 22.7 Å². The standard InChI is InChI=1S/C16H20N6S2/c1-9(24-16-20-14(18)5-15(21-16)23-3)12-4-11-10(6-17)8-22(2)13(11)7-19-12/h4-5,7-9H,6,17H2,1-3H3,(H2,18,20,21). The van der Waals surface area contributed by atoms with Crippen molar-refractivity contribution in [2.24, 2.45) is 12.8 Å². The fraction of sp³-hybridized carbons (Fsp3) is 0.312. The van der Waals surface area contributed by atoms with Crippen LogP contribution >= 0.6 is 23.5 Å². The molecular formula is C16H20N6S2. The zero-order valence-corrected chi connectivity index (χ0v) is 15.5. The van der Waals surface area contributed by atoms with Gasteiger partial charge in [-0.1, -0.05) is 11.8 Å². The van der Waals surface area contributed by atoms with Crippen LogP contribution in [0.25, 0.3) is 10.9 Å². The number of nitrogens with zero attached hydrogens (tertiary/aromatic N) is 4. The second-order valence-corrected chi connectivity index (χ2v) is 7.61. The molecular weight excluding hydrogens is 340 g/mol. The molecule has 1 atom stereocenters. The summed E-state index contributed by atoms with van der Waals surface area (Å²) in [6, 6.07) is 3.89. The summed E-state index contributed by atoms with van der Waals surface area (Å²) in [5.41, 5.74) is 14.9. The molecule has 0 aliphatic heterocycles. The van der Waals surface area contributed by atoms with Gasteiger partial charge in [0.25, 0.3) is 0 Å². The van der Waals surface area contributed by atoms with Gasteiger partial charge in [-0.25, -0.2) is 9.97 Å². The highest BCUT2D eigenvalue weighted by Crippen LogP contribution is 2.34. The Hall–Kier alpha value is -1.77. The van der Waals surface area contributed by atoms with Crippen LogP contribution in [0.15, 0.2) is 34.7 Å². The molecule has 0 fully saturated rings. The maximum atomic E-state index is 5.85. The lowest BCUT2D eigenvalue weighted by Crippen LogP contribution is -1.99. The Morgan fingerprint density at radius 2 is 2.08 bits per heavy atom. The molecule has 8 heteroatoms. The van der Waals surface area contributed by atoms with Crippen LogP contribution in [0.3, 0.4) is 0 Å². The van der Waals surface area contributed by atoms with E-state index in [4.69, 9.17) is 11.5 Å². The van der Waals surface area contributed by atoms with Crippen LogP contribution in [0.5, 0.6) is 0 Å². The SMILES string of the molecule is CSc1cc(N)nc(SC(C)c2cc3c(CN)cn(C)c3cn2)n1. The highest BCUT2D eigenvalue weighted by molar-refractivity contribution is 7.99. The van der Waals surface area contributed by atoms with Gasteiger partial charge in [0.1, 0.15) is 10.8 Å². The average Bonchev–Trinajstić information content (AvgIpc) is 2.89. The highest BCUT2D eigenvalue weighted by Gasteiger charge is 2.15. The average molecular weight is 361 g/mol. The number of aryl methyl sites for hydroxylation is 1. The Bertz CT molecular complexity index is 876. The van der Waals surface area contributed by atoms with Crippen molar-refractivity contribution in [3.63, 3.8) is 0 Å². The summed E-state index contributed by atoms with van der Waals surface area (Å²) < 4.78 is 2.05. The molecule has 3 heterocycles. The summed E-state index contributed by atoms with van der Waals surface area (Å²) in [5.74, 6) is 0.487. The van der Waals surface area contributed by atoms with Crippen molar-refractivity contribution in [1.82, 2.24) is 19.5 Å². The van der Waals surface area contributed by atoms with Crippen molar-refractivity contribution in [3.8, 4) is 0 Å². The molecule has 0 amide bonds. The second-order valence-electron chi connectivity index (χ2n) is 5.47. The van der Waals surface area contributed by atoms with Gasteiger partial charge in [0.2, 0.25) is 0 Å². The number of rotatable bonds is 5. The molecule has 3 aromatic heterocycles. The molecule has 0 aromatic carbocycles. The third-order valence-corrected chi connectivity index (χ3v) is 5.43. The summed E-state index contributed by atoms with van der Waals surface area (Å²) in [5, 5.41) is 2.79. The van der Waals surface area contributed by atoms with Gasteiger partial charge in [-0.15, -0.1) is 11.8 Å². The normalized spacial score (nSPS) is 12.7.